The number of hydrogen-bond acceptors (Lipinski definition) is 4. The molecule has 0 heterocycles. The van der Waals surface area contributed by atoms with E-state index in [1.165, 1.54) is 0 Å². The van der Waals surface area contributed by atoms with E-state index in [9.17, 15) is 4.79 Å². The fourth-order valence-corrected chi connectivity index (χ4v) is 2.35. The van der Waals surface area contributed by atoms with Gasteiger partial charge in [0.25, 0.3) is 5.91 Å². The predicted octanol–water partition coefficient (Wildman–Crippen LogP) is 3.69. The lowest BCUT2D eigenvalue weighted by Gasteiger charge is -2.08. The summed E-state index contributed by atoms with van der Waals surface area (Å²) in [6.45, 7) is 4.29. The van der Waals surface area contributed by atoms with Crippen molar-refractivity contribution in [3.63, 3.8) is 0 Å². The molecule has 0 saturated heterocycles. The first-order chi connectivity index (χ1) is 11.6. The van der Waals surface area contributed by atoms with Crippen LogP contribution < -0.4 is 14.9 Å². The van der Waals surface area contributed by atoms with Gasteiger partial charge in [-0.25, -0.2) is 5.43 Å². The van der Waals surface area contributed by atoms with Gasteiger partial charge in [-0.1, -0.05) is 34.1 Å². The smallest absolute Gasteiger partial charge is 0.277 e. The van der Waals surface area contributed by atoms with Gasteiger partial charge in [-0.05, 0) is 43.7 Å². The zero-order valence-corrected chi connectivity index (χ0v) is 15.2. The summed E-state index contributed by atoms with van der Waals surface area (Å²) in [7, 11) is 0. The zero-order chi connectivity index (χ0) is 17.4. The molecule has 2 rings (SSSR count). The quantitative estimate of drug-likeness (QED) is 0.579. The number of halogens is 1. The molecule has 0 saturated carbocycles. The molecule has 126 valence electrons. The Bertz CT molecular complexity index is 732. The minimum absolute atomic E-state index is 0.0982. The number of benzene rings is 2. The number of ether oxygens (including phenoxy) is 2. The van der Waals surface area contributed by atoms with Crippen molar-refractivity contribution in [2.75, 3.05) is 13.2 Å². The number of para-hydroxylation sites is 1. The Kier molecular flexibility index (Phi) is 6.81. The number of rotatable bonds is 7. The van der Waals surface area contributed by atoms with Crippen molar-refractivity contribution in [3.8, 4) is 11.5 Å². The Morgan fingerprint density at radius 1 is 1.21 bits per heavy atom. The monoisotopic (exact) mass is 390 g/mol. The van der Waals surface area contributed by atoms with E-state index in [1.807, 2.05) is 56.3 Å². The highest BCUT2D eigenvalue weighted by molar-refractivity contribution is 9.10. The van der Waals surface area contributed by atoms with Crippen LogP contribution in [0, 0.1) is 6.92 Å². The van der Waals surface area contributed by atoms with Crippen molar-refractivity contribution in [2.45, 2.75) is 13.8 Å². The lowest BCUT2D eigenvalue weighted by molar-refractivity contribution is -0.123. The fourth-order valence-electron chi connectivity index (χ4n) is 1.97. The van der Waals surface area contributed by atoms with Crippen molar-refractivity contribution in [3.05, 3.63) is 58.1 Å². The molecule has 0 aliphatic carbocycles. The summed E-state index contributed by atoms with van der Waals surface area (Å²) in [5, 5.41) is 3.95. The fraction of sp³-hybridized carbons (Fsp3) is 0.222. The van der Waals surface area contributed by atoms with Crippen molar-refractivity contribution in [1.82, 2.24) is 5.43 Å². The van der Waals surface area contributed by atoms with E-state index in [4.69, 9.17) is 9.47 Å². The molecule has 0 fully saturated rings. The molecule has 2 aromatic rings. The van der Waals surface area contributed by atoms with E-state index in [2.05, 4.69) is 26.5 Å². The van der Waals surface area contributed by atoms with Crippen LogP contribution in [0.4, 0.5) is 0 Å². The SMILES string of the molecule is CCOc1ccc(Br)cc1/C=N/NC(=O)COc1ccccc1C. The van der Waals surface area contributed by atoms with Gasteiger partial charge in [0.15, 0.2) is 6.61 Å². The molecule has 0 atom stereocenters. The maximum absolute atomic E-state index is 11.8. The van der Waals surface area contributed by atoms with Gasteiger partial charge in [0.05, 0.1) is 12.8 Å². The average molecular weight is 391 g/mol. The van der Waals surface area contributed by atoms with Gasteiger partial charge in [-0.3, -0.25) is 4.79 Å². The second-order valence-corrected chi connectivity index (χ2v) is 5.88. The molecule has 24 heavy (non-hydrogen) atoms. The molecule has 5 nitrogen and oxygen atoms in total. The Morgan fingerprint density at radius 3 is 2.75 bits per heavy atom. The van der Waals surface area contributed by atoms with Gasteiger partial charge < -0.3 is 9.47 Å². The van der Waals surface area contributed by atoms with Gasteiger partial charge >= 0.3 is 0 Å². The van der Waals surface area contributed by atoms with Crippen LogP contribution >= 0.6 is 15.9 Å². The summed E-state index contributed by atoms with van der Waals surface area (Å²) in [6.07, 6.45) is 1.54. The second-order valence-electron chi connectivity index (χ2n) is 4.96. The molecule has 1 N–H and O–H groups in total. The number of nitrogens with one attached hydrogen (secondary N) is 1. The number of carbonyl (C=O) groups is 1. The van der Waals surface area contributed by atoms with Crippen LogP contribution in [0.15, 0.2) is 52.0 Å². The van der Waals surface area contributed by atoms with E-state index in [1.54, 1.807) is 6.21 Å². The van der Waals surface area contributed by atoms with Crippen LogP contribution in [0.25, 0.3) is 0 Å². The van der Waals surface area contributed by atoms with Crippen LogP contribution in [0.1, 0.15) is 18.1 Å². The van der Waals surface area contributed by atoms with Crippen molar-refractivity contribution in [2.24, 2.45) is 5.10 Å². The third-order valence-electron chi connectivity index (χ3n) is 3.12. The van der Waals surface area contributed by atoms with Crippen molar-refractivity contribution < 1.29 is 14.3 Å². The number of amides is 1. The third kappa shape index (κ3) is 5.38. The lowest BCUT2D eigenvalue weighted by atomic mass is 10.2. The van der Waals surface area contributed by atoms with E-state index in [0.717, 1.165) is 15.6 Å². The molecule has 0 unspecified atom stereocenters. The number of hydrogen-bond donors (Lipinski definition) is 1. The zero-order valence-electron chi connectivity index (χ0n) is 13.6. The van der Waals surface area contributed by atoms with Crippen LogP contribution in [0.2, 0.25) is 0 Å². The standard InChI is InChI=1S/C18H19BrN2O3/c1-3-23-17-9-8-15(19)10-14(17)11-20-21-18(22)12-24-16-7-5-4-6-13(16)2/h4-11H,3,12H2,1-2H3,(H,21,22)/b20-11+. The number of hydrazone groups is 1. The molecule has 1 amide bonds. The molecular weight excluding hydrogens is 372 g/mol. The van der Waals surface area contributed by atoms with Crippen LogP contribution in [0.3, 0.4) is 0 Å². The van der Waals surface area contributed by atoms with Gasteiger partial charge in [0.2, 0.25) is 0 Å². The number of nitrogens with zero attached hydrogens (tertiary/aromatic N) is 1. The Morgan fingerprint density at radius 2 is 2.00 bits per heavy atom. The highest BCUT2D eigenvalue weighted by atomic mass is 79.9. The maximum Gasteiger partial charge on any atom is 0.277 e. The molecule has 0 aliphatic heterocycles. The second kappa shape index (κ2) is 9.08. The molecule has 6 heteroatoms. The van der Waals surface area contributed by atoms with Crippen molar-refractivity contribution in [1.29, 1.82) is 0 Å². The highest BCUT2D eigenvalue weighted by Crippen LogP contribution is 2.21. The summed E-state index contributed by atoms with van der Waals surface area (Å²) in [5.74, 6) is 1.06. The van der Waals surface area contributed by atoms with Crippen LogP contribution in [-0.4, -0.2) is 25.3 Å². The summed E-state index contributed by atoms with van der Waals surface area (Å²) < 4.78 is 11.9. The lowest BCUT2D eigenvalue weighted by Crippen LogP contribution is -2.24. The third-order valence-corrected chi connectivity index (χ3v) is 3.61. The van der Waals surface area contributed by atoms with E-state index in [0.29, 0.717) is 18.1 Å². The largest absolute Gasteiger partial charge is 0.493 e. The predicted molar refractivity (Wildman–Crippen MR) is 97.7 cm³/mol. The van der Waals surface area contributed by atoms with Gasteiger partial charge in [-0.2, -0.15) is 5.10 Å². The topological polar surface area (TPSA) is 59.9 Å². The number of carbonyl (C=O) groups excluding carboxylic acids is 1. The molecule has 0 spiro atoms. The first-order valence-electron chi connectivity index (χ1n) is 7.53. The molecule has 0 bridgehead atoms. The highest BCUT2D eigenvalue weighted by Gasteiger charge is 2.04. The minimum atomic E-state index is -0.331. The molecule has 0 aliphatic rings. The maximum atomic E-state index is 11.8. The van der Waals surface area contributed by atoms with Crippen molar-refractivity contribution >= 4 is 28.1 Å². The molecular formula is C18H19BrN2O3. The summed E-state index contributed by atoms with van der Waals surface area (Å²) in [4.78, 5) is 11.8. The van der Waals surface area contributed by atoms with E-state index >= 15 is 0 Å². The normalized spacial score (nSPS) is 10.6. The molecule has 0 radical (unpaired) electrons. The number of aryl methyl sites for hydroxylation is 1. The Hall–Kier alpha value is -2.34. The van der Waals surface area contributed by atoms with Crippen LogP contribution in [0.5, 0.6) is 11.5 Å². The van der Waals surface area contributed by atoms with E-state index in [-0.39, 0.29) is 12.5 Å². The summed E-state index contributed by atoms with van der Waals surface area (Å²) in [6, 6.07) is 13.1. The Balaban J connectivity index is 1.90. The Labute approximate surface area is 149 Å². The van der Waals surface area contributed by atoms with Gasteiger partial charge in [0, 0.05) is 10.0 Å². The van der Waals surface area contributed by atoms with Gasteiger partial charge in [0.1, 0.15) is 11.5 Å². The van der Waals surface area contributed by atoms with E-state index < -0.39 is 0 Å². The van der Waals surface area contributed by atoms with Gasteiger partial charge in [-0.15, -0.1) is 0 Å². The van der Waals surface area contributed by atoms with Crippen LogP contribution in [-0.2, 0) is 4.79 Å². The minimum Gasteiger partial charge on any atom is -0.493 e. The first kappa shape index (κ1) is 18.0. The first-order valence-corrected chi connectivity index (χ1v) is 8.32. The summed E-state index contributed by atoms with van der Waals surface area (Å²) in [5.41, 5.74) is 4.19. The molecule has 2 aromatic carbocycles. The average Bonchev–Trinajstić information content (AvgIpc) is 2.56. The molecule has 0 aromatic heterocycles. The summed E-state index contributed by atoms with van der Waals surface area (Å²) >= 11 is 3.40.